The van der Waals surface area contributed by atoms with Crippen molar-refractivity contribution < 1.29 is 24.8 Å². The van der Waals surface area contributed by atoms with E-state index in [9.17, 15) is 19.8 Å². The van der Waals surface area contributed by atoms with E-state index in [-0.39, 0.29) is 24.8 Å². The van der Waals surface area contributed by atoms with Crippen LogP contribution in [0.15, 0.2) is 0 Å². The maximum Gasteiger partial charge on any atom is 0.338 e. The van der Waals surface area contributed by atoms with Crippen LogP contribution in [-0.4, -0.2) is 53.1 Å². The molecule has 1 aliphatic rings. The lowest BCUT2D eigenvalue weighted by molar-refractivity contribution is -0.461. The Morgan fingerprint density at radius 3 is 2.59 bits per heavy atom. The van der Waals surface area contributed by atoms with Crippen molar-refractivity contribution in [2.75, 3.05) is 13.1 Å². The summed E-state index contributed by atoms with van der Waals surface area (Å²) in [5, 5.41) is 20.6. The van der Waals surface area contributed by atoms with E-state index in [1.807, 2.05) is 0 Å². The zero-order chi connectivity index (χ0) is 13.0. The first-order chi connectivity index (χ1) is 7.93. The number of rotatable bonds is 6. The van der Waals surface area contributed by atoms with E-state index < -0.39 is 18.1 Å². The van der Waals surface area contributed by atoms with E-state index in [1.54, 1.807) is 0 Å². The number of carboxylic acid groups (broad SMARTS) is 1. The fourth-order valence-corrected chi connectivity index (χ4v) is 1.64. The van der Waals surface area contributed by atoms with Crippen LogP contribution >= 0.6 is 0 Å². The molecule has 2 atom stereocenters. The van der Waals surface area contributed by atoms with Gasteiger partial charge in [-0.05, 0) is 0 Å². The van der Waals surface area contributed by atoms with Crippen molar-refractivity contribution >= 4 is 17.8 Å². The minimum Gasteiger partial charge on any atom is -0.548 e. The molecule has 0 bridgehead atoms. The number of carboxylic acids is 1. The Bertz CT molecular complexity index is 340. The number of aliphatic hydroxyl groups is 1. The molecule has 0 radical (unpaired) electrons. The lowest BCUT2D eigenvalue weighted by Crippen LogP contribution is -2.78. The number of aliphatic hydroxyl groups excluding tert-OH is 1. The largest absolute Gasteiger partial charge is 0.548 e. The number of guanidine groups is 1. The molecular formula is C9H16N4O4. The highest BCUT2D eigenvalue weighted by Crippen LogP contribution is 2.16. The average molecular weight is 244 g/mol. The van der Waals surface area contributed by atoms with E-state index in [2.05, 4.69) is 4.99 Å². The third kappa shape index (κ3) is 3.31. The number of carbonyl (C=O) groups excluding carboxylic acids is 2. The van der Waals surface area contributed by atoms with Crippen molar-refractivity contribution in [3.63, 3.8) is 0 Å². The first-order valence-electron chi connectivity index (χ1n) is 5.23. The second-order valence-electron chi connectivity index (χ2n) is 3.84. The predicted molar refractivity (Wildman–Crippen MR) is 55.0 cm³/mol. The van der Waals surface area contributed by atoms with Gasteiger partial charge in [0.15, 0.2) is 0 Å². The topological polar surface area (TPSA) is 147 Å². The van der Waals surface area contributed by atoms with Crippen molar-refractivity contribution in [2.24, 2.45) is 11.5 Å². The minimum absolute atomic E-state index is 0.0118. The summed E-state index contributed by atoms with van der Waals surface area (Å²) in [5.74, 6) is -1.77. The molecule has 1 heterocycles. The number of nitrogens with two attached hydrogens (primary N) is 2. The van der Waals surface area contributed by atoms with E-state index in [0.717, 1.165) is 4.90 Å². The number of hydrogen-bond donors (Lipinski definition) is 4. The minimum atomic E-state index is -1.46. The molecule has 1 amide bonds. The lowest BCUT2D eigenvalue weighted by atomic mass is 10.0. The van der Waals surface area contributed by atoms with Gasteiger partial charge in [0, 0.05) is 19.4 Å². The van der Waals surface area contributed by atoms with Crippen molar-refractivity contribution in [1.29, 1.82) is 0 Å². The van der Waals surface area contributed by atoms with Gasteiger partial charge in [-0.2, -0.15) is 0 Å². The molecule has 1 saturated heterocycles. The Morgan fingerprint density at radius 1 is 1.59 bits per heavy atom. The lowest BCUT2D eigenvalue weighted by Gasteiger charge is -2.40. The Morgan fingerprint density at radius 2 is 2.24 bits per heavy atom. The van der Waals surface area contributed by atoms with Crippen molar-refractivity contribution in [2.45, 2.75) is 25.0 Å². The highest BCUT2D eigenvalue weighted by Gasteiger charge is 2.36. The fourth-order valence-electron chi connectivity index (χ4n) is 1.64. The van der Waals surface area contributed by atoms with Crippen LogP contribution in [-0.2, 0) is 9.59 Å². The SMILES string of the molecule is NC(N)=[NH+]CC[C@@H](O)[C@@H](C(=O)[O-])N1CCC1=O. The zero-order valence-electron chi connectivity index (χ0n) is 9.26. The van der Waals surface area contributed by atoms with Gasteiger partial charge in [-0.25, -0.2) is 0 Å². The zero-order valence-corrected chi connectivity index (χ0v) is 9.26. The summed E-state index contributed by atoms with van der Waals surface area (Å²) >= 11 is 0. The molecule has 0 saturated carbocycles. The molecule has 1 aliphatic heterocycles. The molecule has 1 fully saturated rings. The van der Waals surface area contributed by atoms with Crippen LogP contribution in [0.25, 0.3) is 0 Å². The van der Waals surface area contributed by atoms with Gasteiger partial charge in [0.25, 0.3) is 0 Å². The molecule has 0 aromatic heterocycles. The van der Waals surface area contributed by atoms with Gasteiger partial charge in [-0.3, -0.25) is 21.3 Å². The summed E-state index contributed by atoms with van der Waals surface area (Å²) in [6.45, 7) is 0.544. The molecule has 6 N–H and O–H groups in total. The highest BCUT2D eigenvalue weighted by atomic mass is 16.4. The molecule has 8 heteroatoms. The number of likely N-dealkylation sites (tertiary alicyclic amines) is 1. The van der Waals surface area contributed by atoms with Gasteiger partial charge in [-0.15, -0.1) is 0 Å². The van der Waals surface area contributed by atoms with Gasteiger partial charge < -0.3 is 19.9 Å². The van der Waals surface area contributed by atoms with Crippen LogP contribution in [0, 0.1) is 0 Å². The number of β-lactam (4-membered cyclic amide) rings is 1. The van der Waals surface area contributed by atoms with E-state index in [0.29, 0.717) is 13.0 Å². The van der Waals surface area contributed by atoms with E-state index in [4.69, 9.17) is 11.5 Å². The van der Waals surface area contributed by atoms with Crippen molar-refractivity contribution in [3.05, 3.63) is 0 Å². The summed E-state index contributed by atoms with van der Waals surface area (Å²) in [5.41, 5.74) is 10.3. The Kier molecular flexibility index (Phi) is 4.27. The number of amides is 1. The monoisotopic (exact) mass is 244 g/mol. The number of carbonyl (C=O) groups is 2. The standard InChI is InChI=1S/C9H16N4O4/c10-9(11)12-3-1-5(14)7(8(16)17)13-4-2-6(13)15/h5,7,14H,1-4H2,(H,16,17)(H4,10,11,12)/t5-,7+/m1/s1. The van der Waals surface area contributed by atoms with Crippen molar-refractivity contribution in [1.82, 2.24) is 4.90 Å². The Balaban J connectivity index is 2.55. The molecule has 0 aromatic carbocycles. The fraction of sp³-hybridized carbons (Fsp3) is 0.667. The number of hydrogen-bond acceptors (Lipinski definition) is 4. The molecule has 17 heavy (non-hydrogen) atoms. The average Bonchev–Trinajstić information content (AvgIpc) is 2.22. The van der Waals surface area contributed by atoms with Crippen LogP contribution < -0.4 is 21.6 Å². The summed E-state index contributed by atoms with van der Waals surface area (Å²) in [6.07, 6.45) is -0.811. The van der Waals surface area contributed by atoms with Gasteiger partial charge >= 0.3 is 5.96 Å². The maximum atomic E-state index is 11.1. The van der Waals surface area contributed by atoms with Gasteiger partial charge in [0.05, 0.1) is 24.7 Å². The van der Waals surface area contributed by atoms with Gasteiger partial charge in [-0.1, -0.05) is 0 Å². The van der Waals surface area contributed by atoms with Crippen molar-refractivity contribution in [3.8, 4) is 0 Å². The van der Waals surface area contributed by atoms with Gasteiger partial charge in [0.1, 0.15) is 0 Å². The second-order valence-corrected chi connectivity index (χ2v) is 3.84. The first-order valence-corrected chi connectivity index (χ1v) is 5.23. The smallest absolute Gasteiger partial charge is 0.338 e. The van der Waals surface area contributed by atoms with Crippen LogP contribution in [0.5, 0.6) is 0 Å². The first kappa shape index (κ1) is 13.2. The second kappa shape index (κ2) is 5.48. The molecular weight excluding hydrogens is 228 g/mol. The highest BCUT2D eigenvalue weighted by molar-refractivity contribution is 5.87. The van der Waals surface area contributed by atoms with E-state index in [1.165, 1.54) is 0 Å². The molecule has 0 unspecified atom stereocenters. The normalized spacial score (nSPS) is 18.2. The van der Waals surface area contributed by atoms with Crippen LogP contribution in [0.3, 0.4) is 0 Å². The Hall–Kier alpha value is -1.83. The molecule has 0 aliphatic carbocycles. The summed E-state index contributed by atoms with van der Waals surface area (Å²) in [6, 6.07) is -1.31. The van der Waals surface area contributed by atoms with Gasteiger partial charge in [0.2, 0.25) is 5.91 Å². The number of nitrogens with zero attached hydrogens (tertiary/aromatic N) is 1. The van der Waals surface area contributed by atoms with Crippen LogP contribution in [0.4, 0.5) is 0 Å². The Labute approximate surface area is 97.9 Å². The third-order valence-corrected chi connectivity index (χ3v) is 2.60. The summed E-state index contributed by atoms with van der Waals surface area (Å²) < 4.78 is 0. The molecule has 1 rings (SSSR count). The summed E-state index contributed by atoms with van der Waals surface area (Å²) in [7, 11) is 0. The quantitative estimate of drug-likeness (QED) is 0.208. The predicted octanol–water partition coefficient (Wildman–Crippen LogP) is -5.56. The summed E-state index contributed by atoms with van der Waals surface area (Å²) in [4.78, 5) is 25.6. The third-order valence-electron chi connectivity index (χ3n) is 2.60. The number of nitrogens with one attached hydrogen (secondary N) is 1. The molecule has 96 valence electrons. The maximum absolute atomic E-state index is 11.1. The number of aliphatic carboxylic acids is 1. The van der Waals surface area contributed by atoms with E-state index >= 15 is 0 Å². The molecule has 0 spiro atoms. The molecule has 0 aromatic rings. The molecule has 8 nitrogen and oxygen atoms in total. The van der Waals surface area contributed by atoms with Crippen LogP contribution in [0.2, 0.25) is 0 Å². The van der Waals surface area contributed by atoms with Crippen LogP contribution in [0.1, 0.15) is 12.8 Å².